The van der Waals surface area contributed by atoms with Crippen LogP contribution in [0, 0.1) is 11.8 Å². The molecular weight excluding hydrogens is 608 g/mol. The molecule has 7 N–H and O–H groups in total. The van der Waals surface area contributed by atoms with Crippen molar-refractivity contribution in [3.05, 3.63) is 69.7 Å². The Morgan fingerprint density at radius 1 is 1.11 bits per heavy atom. The number of Topliss-reactive ketones (excluding diaryl/α,β-unsaturated/α-hetero) is 2. The van der Waals surface area contributed by atoms with Crippen LogP contribution in [-0.2, 0) is 22.6 Å². The molecule has 246 valence electrons. The van der Waals surface area contributed by atoms with E-state index in [1.807, 2.05) is 43.3 Å². The molecule has 1 amide bonds. The van der Waals surface area contributed by atoms with Crippen molar-refractivity contribution in [2.75, 3.05) is 38.4 Å². The summed E-state index contributed by atoms with van der Waals surface area (Å²) in [6, 6.07) is 8.69. The molecule has 0 aliphatic heterocycles. The number of primary amides is 1. The number of aliphatic hydroxyl groups excluding tert-OH is 2. The Labute approximate surface area is 272 Å². The summed E-state index contributed by atoms with van der Waals surface area (Å²) in [6.45, 7) is 6.74. The van der Waals surface area contributed by atoms with E-state index in [9.17, 15) is 34.8 Å². The van der Waals surface area contributed by atoms with Crippen molar-refractivity contribution >= 4 is 40.6 Å². The van der Waals surface area contributed by atoms with Gasteiger partial charge in [0.1, 0.15) is 22.8 Å². The zero-order valence-corrected chi connectivity index (χ0v) is 28.0. The van der Waals surface area contributed by atoms with Crippen molar-refractivity contribution < 1.29 is 34.8 Å². The number of carbonyl (C=O) groups excluding carboxylic acids is 3. The van der Waals surface area contributed by atoms with Crippen molar-refractivity contribution in [2.45, 2.75) is 61.4 Å². The van der Waals surface area contributed by atoms with Gasteiger partial charge in [0, 0.05) is 47.5 Å². The molecule has 2 aromatic carbocycles. The number of aliphatic hydroxyl groups is 3. The van der Waals surface area contributed by atoms with Gasteiger partial charge in [0.15, 0.2) is 11.4 Å². The first kappa shape index (κ1) is 33.4. The lowest BCUT2D eigenvalue weighted by Gasteiger charge is -2.50. The van der Waals surface area contributed by atoms with Gasteiger partial charge in [-0.3, -0.25) is 19.3 Å². The first-order valence-electron chi connectivity index (χ1n) is 15.1. The van der Waals surface area contributed by atoms with Crippen LogP contribution in [0.4, 0.5) is 11.4 Å². The molecule has 0 saturated carbocycles. The van der Waals surface area contributed by atoms with Crippen LogP contribution >= 0.6 is 11.8 Å². The minimum Gasteiger partial charge on any atom is -0.510 e. The normalized spacial score (nSPS) is 24.5. The number of allylic oxidation sites excluding steroid dienone is 1. The first-order valence-corrected chi connectivity index (χ1v) is 15.9. The second-order valence-electron chi connectivity index (χ2n) is 13.7. The number of ketones is 2. The molecule has 46 heavy (non-hydrogen) atoms. The van der Waals surface area contributed by atoms with Crippen LogP contribution in [0.1, 0.15) is 48.7 Å². The van der Waals surface area contributed by atoms with Crippen molar-refractivity contribution in [3.63, 3.8) is 0 Å². The Kier molecular flexibility index (Phi) is 8.46. The summed E-state index contributed by atoms with van der Waals surface area (Å²) in [6.07, 6.45) is 0.239. The summed E-state index contributed by atoms with van der Waals surface area (Å²) < 4.78 is -0.0249. The number of fused-ring (bicyclic) bond motifs is 3. The van der Waals surface area contributed by atoms with Gasteiger partial charge in [-0.1, -0.05) is 39.0 Å². The Balaban J connectivity index is 1.61. The lowest BCUT2D eigenvalue weighted by atomic mass is 9.58. The van der Waals surface area contributed by atoms with Gasteiger partial charge < -0.3 is 36.4 Å². The molecule has 0 fully saturated rings. The summed E-state index contributed by atoms with van der Waals surface area (Å²) >= 11 is 1.72. The number of nitrogens with zero attached hydrogens (tertiary/aromatic N) is 2. The minimum absolute atomic E-state index is 0.0249. The monoisotopic (exact) mass is 650 g/mol. The van der Waals surface area contributed by atoms with Gasteiger partial charge in [-0.25, -0.2) is 0 Å². The Morgan fingerprint density at radius 2 is 1.76 bits per heavy atom. The second-order valence-corrected chi connectivity index (χ2v) is 15.5. The number of thioether (sulfide) groups is 1. The third-order valence-corrected chi connectivity index (χ3v) is 10.3. The third-order valence-electron chi connectivity index (χ3n) is 9.04. The number of rotatable bonds is 7. The van der Waals surface area contributed by atoms with Crippen molar-refractivity contribution in [3.8, 4) is 5.75 Å². The van der Waals surface area contributed by atoms with Crippen LogP contribution in [-0.4, -0.2) is 87.4 Å². The van der Waals surface area contributed by atoms with Crippen molar-refractivity contribution in [2.24, 2.45) is 17.6 Å². The molecule has 3 aliphatic rings. The number of carbonyl (C=O) groups is 3. The molecule has 0 spiro atoms. The molecule has 11 nitrogen and oxygen atoms in total. The first-order chi connectivity index (χ1) is 21.4. The average molecular weight is 651 g/mol. The van der Waals surface area contributed by atoms with Crippen molar-refractivity contribution in [1.29, 1.82) is 0 Å². The predicted molar refractivity (Wildman–Crippen MR) is 177 cm³/mol. The van der Waals surface area contributed by atoms with Crippen molar-refractivity contribution in [1.82, 2.24) is 4.90 Å². The van der Waals surface area contributed by atoms with Crippen LogP contribution in [0.25, 0.3) is 0 Å². The minimum atomic E-state index is -2.69. The number of benzene rings is 2. The van der Waals surface area contributed by atoms with E-state index in [2.05, 4.69) is 26.1 Å². The van der Waals surface area contributed by atoms with E-state index in [4.69, 9.17) is 5.73 Å². The Morgan fingerprint density at radius 3 is 2.35 bits per heavy atom. The predicted octanol–water partition coefficient (Wildman–Crippen LogP) is 3.69. The highest BCUT2D eigenvalue weighted by molar-refractivity contribution is 8.00. The smallest absolute Gasteiger partial charge is 0.255 e. The van der Waals surface area contributed by atoms with Gasteiger partial charge in [-0.05, 0) is 56.1 Å². The number of hydrogen-bond donors (Lipinski definition) is 6. The lowest BCUT2D eigenvalue weighted by Crippen LogP contribution is -2.63. The lowest BCUT2D eigenvalue weighted by molar-refractivity contribution is -0.148. The maximum absolute atomic E-state index is 14.3. The van der Waals surface area contributed by atoms with E-state index in [1.165, 1.54) is 4.90 Å². The fourth-order valence-corrected chi connectivity index (χ4v) is 8.18. The summed E-state index contributed by atoms with van der Waals surface area (Å²) in [5, 5.41) is 49.4. The van der Waals surface area contributed by atoms with E-state index in [0.29, 0.717) is 23.5 Å². The largest absolute Gasteiger partial charge is 0.510 e. The maximum atomic E-state index is 14.3. The standard InChI is InChI=1S/C34H42N4O7S/c1-33(2,3)46-22-11-9-8-10-16(22)15-36-20-14-21(37(4)5)18-12-17-13-19-26(38(6)7)29(41)25(32(35)44)31(43)34(19,45)30(42)23(17)28(40)24(18)27(20)39/h8-11,14,17,19,26,36,39,41-42,45H,12-13,15H2,1-7H3,(H2,35,44)/t17-,19-,26?,34-/m0/s1. The Hall–Kier alpha value is -4.00. The van der Waals surface area contributed by atoms with E-state index in [0.717, 1.165) is 10.5 Å². The fraction of sp³-hybridized carbons (Fsp3) is 0.441. The van der Waals surface area contributed by atoms with E-state index in [1.54, 1.807) is 31.9 Å². The highest BCUT2D eigenvalue weighted by Crippen LogP contribution is 2.54. The molecule has 5 rings (SSSR count). The van der Waals surface area contributed by atoms with Crippen LogP contribution in [0.2, 0.25) is 0 Å². The molecule has 0 heterocycles. The summed E-state index contributed by atoms with van der Waals surface area (Å²) in [4.78, 5) is 44.6. The van der Waals surface area contributed by atoms with Gasteiger partial charge in [0.25, 0.3) is 5.91 Å². The molecule has 0 aromatic heterocycles. The van der Waals surface area contributed by atoms with Gasteiger partial charge in [0.2, 0.25) is 5.78 Å². The summed E-state index contributed by atoms with van der Waals surface area (Å²) in [5.41, 5.74) is 4.25. The third kappa shape index (κ3) is 5.31. The van der Waals surface area contributed by atoms with Crippen LogP contribution in [0.15, 0.2) is 57.9 Å². The van der Waals surface area contributed by atoms with E-state index in [-0.39, 0.29) is 34.5 Å². The molecule has 0 radical (unpaired) electrons. The van der Waals surface area contributed by atoms with Gasteiger partial charge in [-0.2, -0.15) is 0 Å². The number of phenols is 1. The highest BCUT2D eigenvalue weighted by Gasteiger charge is 2.63. The number of likely N-dealkylation sites (N-methyl/N-ethyl adjacent to an activating group) is 1. The van der Waals surface area contributed by atoms with E-state index >= 15 is 0 Å². The fourth-order valence-electron chi connectivity index (χ4n) is 7.10. The summed E-state index contributed by atoms with van der Waals surface area (Å²) in [5.74, 6) is -6.76. The zero-order chi connectivity index (χ0) is 34.0. The quantitative estimate of drug-likeness (QED) is 0.146. The number of nitrogens with one attached hydrogen (secondary N) is 1. The van der Waals surface area contributed by atoms with Gasteiger partial charge >= 0.3 is 0 Å². The molecule has 0 bridgehead atoms. The molecular formula is C34H42N4O7S. The number of phenolic OH excluding ortho intramolecular Hbond substituents is 1. The van der Waals surface area contributed by atoms with E-state index < -0.39 is 58.0 Å². The van der Waals surface area contributed by atoms with Gasteiger partial charge in [-0.15, -0.1) is 11.8 Å². The van der Waals surface area contributed by atoms with Gasteiger partial charge in [0.05, 0.1) is 17.3 Å². The topological polar surface area (TPSA) is 177 Å². The molecule has 1 unspecified atom stereocenters. The molecule has 0 saturated heterocycles. The summed E-state index contributed by atoms with van der Waals surface area (Å²) in [7, 11) is 6.86. The number of anilines is 2. The Bertz CT molecular complexity index is 1710. The van der Waals surface area contributed by atoms with Crippen LogP contribution in [0.3, 0.4) is 0 Å². The molecule has 3 aliphatic carbocycles. The second kappa shape index (κ2) is 11.7. The average Bonchev–Trinajstić information content (AvgIpc) is 2.94. The molecule has 4 atom stereocenters. The van der Waals surface area contributed by atoms with Crippen LogP contribution in [0.5, 0.6) is 5.75 Å². The molecule has 2 aromatic rings. The number of nitrogens with two attached hydrogens (primary N) is 1. The zero-order valence-electron chi connectivity index (χ0n) is 27.1. The number of hydrogen-bond acceptors (Lipinski definition) is 11. The maximum Gasteiger partial charge on any atom is 0.255 e. The number of aromatic hydroxyl groups is 1. The van der Waals surface area contributed by atoms with Crippen LogP contribution < -0.4 is 16.0 Å². The SMILES string of the molecule is CN(C)c1cc(NCc2ccccc2SC(C)(C)C)c(O)c2c1C[C@H]1C[C@H]3C(N(C)C)C(O)=C(C(N)=O)C(=O)[C@@]3(O)C(O)=C1C2=O. The molecule has 12 heteroatoms. The highest BCUT2D eigenvalue weighted by atomic mass is 32.2. The number of amides is 1.